The molecule has 1 atom stereocenters. The number of hydrogen-bond acceptors (Lipinski definition) is 3. The van der Waals surface area contributed by atoms with Crippen LogP contribution in [0.25, 0.3) is 0 Å². The van der Waals surface area contributed by atoms with Gasteiger partial charge in [-0.05, 0) is 12.5 Å². The summed E-state index contributed by atoms with van der Waals surface area (Å²) in [5.41, 5.74) is 1.08. The summed E-state index contributed by atoms with van der Waals surface area (Å²) >= 11 is 0. The van der Waals surface area contributed by atoms with Gasteiger partial charge in [0.05, 0.1) is 5.69 Å². The van der Waals surface area contributed by atoms with Crippen LogP contribution in [0.2, 0.25) is 0 Å². The van der Waals surface area contributed by atoms with E-state index in [4.69, 9.17) is 11.5 Å². The van der Waals surface area contributed by atoms with Crippen molar-refractivity contribution in [1.29, 1.82) is 0 Å². The number of hydrogen-bond donors (Lipinski definition) is 2. The number of aliphatic carboxylic acids is 1. The van der Waals surface area contributed by atoms with Crippen molar-refractivity contribution < 1.29 is 14.7 Å². The van der Waals surface area contributed by atoms with E-state index in [1.807, 2.05) is 6.92 Å². The lowest BCUT2D eigenvalue weighted by Crippen LogP contribution is -2.41. The molecule has 1 rings (SSSR count). The Morgan fingerprint density at radius 3 is 2.78 bits per heavy atom. The van der Waals surface area contributed by atoms with Gasteiger partial charge >= 0.3 is 5.97 Å². The van der Waals surface area contributed by atoms with Crippen molar-refractivity contribution >= 4 is 11.9 Å². The number of carboxylic acids is 1. The van der Waals surface area contributed by atoms with Crippen LogP contribution >= 0.6 is 0 Å². The van der Waals surface area contributed by atoms with Crippen molar-refractivity contribution in [3.8, 4) is 12.3 Å². The van der Waals surface area contributed by atoms with E-state index < -0.39 is 17.9 Å². The second-order valence-corrected chi connectivity index (χ2v) is 3.77. The molecule has 0 aromatic carbocycles. The number of carboxylic acid groups (broad SMARTS) is 1. The first kappa shape index (κ1) is 13.8. The van der Waals surface area contributed by atoms with Crippen molar-refractivity contribution in [3.05, 3.63) is 17.5 Å². The summed E-state index contributed by atoms with van der Waals surface area (Å²) in [4.78, 5) is 22.8. The Bertz CT molecular complexity index is 499. The number of amides is 1. The van der Waals surface area contributed by atoms with Crippen LogP contribution in [0.15, 0.2) is 6.07 Å². The van der Waals surface area contributed by atoms with Crippen LogP contribution in [0.1, 0.15) is 29.5 Å². The van der Waals surface area contributed by atoms with Gasteiger partial charge in [0.1, 0.15) is 11.7 Å². The first-order valence-corrected chi connectivity index (χ1v) is 5.49. The van der Waals surface area contributed by atoms with Crippen LogP contribution in [0.3, 0.4) is 0 Å². The van der Waals surface area contributed by atoms with Crippen molar-refractivity contribution in [3.63, 3.8) is 0 Å². The molecule has 0 radical (unpaired) electrons. The molecule has 1 aromatic heterocycles. The SMILES string of the molecule is C#CCC(NC(=O)c1cc(CC)nn1C)C(=O)O. The van der Waals surface area contributed by atoms with Gasteiger partial charge in [0, 0.05) is 13.5 Å². The topological polar surface area (TPSA) is 84.2 Å². The van der Waals surface area contributed by atoms with Crippen LogP contribution in [0, 0.1) is 12.3 Å². The fraction of sp³-hybridized carbons (Fsp3) is 0.417. The summed E-state index contributed by atoms with van der Waals surface area (Å²) in [5, 5.41) is 15.4. The van der Waals surface area contributed by atoms with Gasteiger partial charge in [0.25, 0.3) is 5.91 Å². The lowest BCUT2D eigenvalue weighted by Gasteiger charge is -2.11. The number of aromatic nitrogens is 2. The van der Waals surface area contributed by atoms with Crippen molar-refractivity contribution in [2.45, 2.75) is 25.8 Å². The quantitative estimate of drug-likeness (QED) is 0.729. The zero-order chi connectivity index (χ0) is 13.7. The molecule has 0 fully saturated rings. The molecule has 18 heavy (non-hydrogen) atoms. The van der Waals surface area contributed by atoms with Crippen LogP contribution in [-0.4, -0.2) is 32.8 Å². The van der Waals surface area contributed by atoms with Gasteiger partial charge in [-0.3, -0.25) is 9.48 Å². The standard InChI is InChI=1S/C12H15N3O3/c1-4-6-9(12(17)18)13-11(16)10-7-8(5-2)14-15(10)3/h1,7,9H,5-6H2,2-3H3,(H,13,16)(H,17,18). The molecule has 0 aliphatic rings. The summed E-state index contributed by atoms with van der Waals surface area (Å²) in [6, 6.07) is 0.548. The molecule has 0 spiro atoms. The number of terminal acetylenes is 1. The molecule has 96 valence electrons. The molecule has 0 aliphatic carbocycles. The second kappa shape index (κ2) is 5.87. The van der Waals surface area contributed by atoms with Gasteiger partial charge in [-0.25, -0.2) is 4.79 Å². The number of nitrogens with one attached hydrogen (secondary N) is 1. The number of carbonyl (C=O) groups is 2. The first-order chi connectivity index (χ1) is 8.49. The summed E-state index contributed by atoms with van der Waals surface area (Å²) in [6.45, 7) is 1.92. The Labute approximate surface area is 105 Å². The van der Waals surface area contributed by atoms with Gasteiger partial charge in [-0.1, -0.05) is 6.92 Å². The van der Waals surface area contributed by atoms with Gasteiger partial charge in [-0.2, -0.15) is 5.10 Å². The number of nitrogens with zero attached hydrogens (tertiary/aromatic N) is 2. The third-order valence-corrected chi connectivity index (χ3v) is 2.45. The lowest BCUT2D eigenvalue weighted by molar-refractivity contribution is -0.139. The maximum absolute atomic E-state index is 11.9. The monoisotopic (exact) mass is 249 g/mol. The van der Waals surface area contributed by atoms with Crippen molar-refractivity contribution in [2.24, 2.45) is 7.05 Å². The summed E-state index contributed by atoms with van der Waals surface area (Å²) < 4.78 is 1.42. The smallest absolute Gasteiger partial charge is 0.327 e. The fourth-order valence-corrected chi connectivity index (χ4v) is 1.46. The normalized spacial score (nSPS) is 11.6. The Morgan fingerprint density at radius 1 is 1.67 bits per heavy atom. The lowest BCUT2D eigenvalue weighted by atomic mass is 10.2. The molecule has 0 aliphatic heterocycles. The number of rotatable bonds is 5. The number of carbonyl (C=O) groups excluding carboxylic acids is 1. The molecule has 6 heteroatoms. The molecule has 1 amide bonds. The van der Waals surface area contributed by atoms with Crippen LogP contribution in [0.5, 0.6) is 0 Å². The largest absolute Gasteiger partial charge is 0.480 e. The highest BCUT2D eigenvalue weighted by Gasteiger charge is 2.21. The van der Waals surface area contributed by atoms with Crippen molar-refractivity contribution in [2.75, 3.05) is 0 Å². The maximum atomic E-state index is 11.9. The van der Waals surface area contributed by atoms with Gasteiger partial charge in [-0.15, -0.1) is 12.3 Å². The third-order valence-electron chi connectivity index (χ3n) is 2.45. The molecular weight excluding hydrogens is 234 g/mol. The predicted octanol–water partition coefficient (Wildman–Crippen LogP) is 0.189. The van der Waals surface area contributed by atoms with Crippen LogP contribution in [0.4, 0.5) is 0 Å². The van der Waals surface area contributed by atoms with Crippen LogP contribution < -0.4 is 5.32 Å². The van der Waals surface area contributed by atoms with E-state index in [1.165, 1.54) is 4.68 Å². The molecule has 0 bridgehead atoms. The van der Waals surface area contributed by atoms with E-state index in [2.05, 4.69) is 16.3 Å². The minimum absolute atomic E-state index is 0.0560. The van der Waals surface area contributed by atoms with Crippen molar-refractivity contribution in [1.82, 2.24) is 15.1 Å². The average Bonchev–Trinajstić information content (AvgIpc) is 2.69. The maximum Gasteiger partial charge on any atom is 0.327 e. The summed E-state index contributed by atoms with van der Waals surface area (Å²) in [7, 11) is 1.63. The van der Waals surface area contributed by atoms with E-state index in [9.17, 15) is 9.59 Å². The van der Waals surface area contributed by atoms with Gasteiger partial charge in [0.2, 0.25) is 0 Å². The Kier molecular flexibility index (Phi) is 4.49. The summed E-state index contributed by atoms with van der Waals surface area (Å²) in [6.07, 6.45) is 5.70. The van der Waals surface area contributed by atoms with E-state index >= 15 is 0 Å². The highest BCUT2D eigenvalue weighted by molar-refractivity contribution is 5.95. The predicted molar refractivity (Wildman–Crippen MR) is 64.9 cm³/mol. The minimum atomic E-state index is -1.15. The fourth-order valence-electron chi connectivity index (χ4n) is 1.46. The second-order valence-electron chi connectivity index (χ2n) is 3.77. The molecule has 2 N–H and O–H groups in total. The third kappa shape index (κ3) is 3.10. The zero-order valence-electron chi connectivity index (χ0n) is 10.3. The highest BCUT2D eigenvalue weighted by Crippen LogP contribution is 2.04. The Morgan fingerprint density at radius 2 is 2.33 bits per heavy atom. The summed E-state index contributed by atoms with van der Waals surface area (Å²) in [5.74, 6) is 0.572. The van der Waals surface area contributed by atoms with E-state index in [0.717, 1.165) is 5.69 Å². The minimum Gasteiger partial charge on any atom is -0.480 e. The van der Waals surface area contributed by atoms with E-state index in [0.29, 0.717) is 12.1 Å². The highest BCUT2D eigenvalue weighted by atomic mass is 16.4. The van der Waals surface area contributed by atoms with Crippen LogP contribution in [-0.2, 0) is 18.3 Å². The molecule has 1 aromatic rings. The molecular formula is C12H15N3O3. The number of aryl methyl sites for hydroxylation is 2. The zero-order valence-corrected chi connectivity index (χ0v) is 10.3. The molecule has 1 unspecified atom stereocenters. The molecule has 1 heterocycles. The van der Waals surface area contributed by atoms with E-state index in [-0.39, 0.29) is 6.42 Å². The van der Waals surface area contributed by atoms with Gasteiger partial charge in [0.15, 0.2) is 0 Å². The average molecular weight is 249 g/mol. The molecule has 0 saturated carbocycles. The Hall–Kier alpha value is -2.29. The Balaban J connectivity index is 2.84. The molecule has 6 nitrogen and oxygen atoms in total. The molecule has 0 saturated heterocycles. The first-order valence-electron chi connectivity index (χ1n) is 5.49. The van der Waals surface area contributed by atoms with E-state index in [1.54, 1.807) is 13.1 Å². The van der Waals surface area contributed by atoms with Gasteiger partial charge < -0.3 is 10.4 Å².